The zero-order valence-corrected chi connectivity index (χ0v) is 11.8. The van der Waals surface area contributed by atoms with Crippen LogP contribution < -0.4 is 4.74 Å². The van der Waals surface area contributed by atoms with Gasteiger partial charge in [0.15, 0.2) is 0 Å². The Morgan fingerprint density at radius 1 is 1.22 bits per heavy atom. The lowest BCUT2D eigenvalue weighted by molar-refractivity contribution is 0.0206. The van der Waals surface area contributed by atoms with Gasteiger partial charge in [0.05, 0.1) is 0 Å². The number of carbonyl (C=O) groups excluding carboxylic acids is 1. The molecule has 3 nitrogen and oxygen atoms in total. The van der Waals surface area contributed by atoms with Crippen molar-refractivity contribution in [1.29, 1.82) is 0 Å². The Labute approximate surface area is 109 Å². The van der Waals surface area contributed by atoms with Crippen LogP contribution in [0.5, 0.6) is 5.75 Å². The molecule has 100 valence electrons. The van der Waals surface area contributed by atoms with Crippen LogP contribution in [0.3, 0.4) is 0 Å². The highest BCUT2D eigenvalue weighted by atomic mass is 16.7. The van der Waals surface area contributed by atoms with Crippen LogP contribution in [0, 0.1) is 0 Å². The van der Waals surface area contributed by atoms with Gasteiger partial charge in [0, 0.05) is 0 Å². The molecule has 1 aromatic carbocycles. The molecule has 0 radical (unpaired) electrons. The van der Waals surface area contributed by atoms with Crippen LogP contribution in [0.25, 0.3) is 0 Å². The van der Waals surface area contributed by atoms with Crippen LogP contribution >= 0.6 is 0 Å². The van der Waals surface area contributed by atoms with Gasteiger partial charge in [-0.1, -0.05) is 26.0 Å². The Kier molecular flexibility index (Phi) is 4.76. The molecule has 1 aromatic rings. The number of rotatable bonds is 3. The Bertz CT molecular complexity index is 387. The minimum atomic E-state index is -0.668. The molecule has 0 saturated heterocycles. The third-order valence-electron chi connectivity index (χ3n) is 2.65. The maximum Gasteiger partial charge on any atom is 0.514 e. The first-order valence-electron chi connectivity index (χ1n) is 6.32. The molecule has 1 atom stereocenters. The maximum absolute atomic E-state index is 11.5. The van der Waals surface area contributed by atoms with Crippen molar-refractivity contribution in [3.05, 3.63) is 29.8 Å². The normalized spacial score (nSPS) is 12.9. The molecule has 1 rings (SSSR count). The van der Waals surface area contributed by atoms with Crippen molar-refractivity contribution < 1.29 is 14.3 Å². The lowest BCUT2D eigenvalue weighted by atomic mass is 9.99. The van der Waals surface area contributed by atoms with E-state index in [2.05, 4.69) is 13.8 Å². The molecule has 0 N–H and O–H groups in total. The quantitative estimate of drug-likeness (QED) is 0.584. The first kappa shape index (κ1) is 14.6. The van der Waals surface area contributed by atoms with E-state index in [-0.39, 0.29) is 0 Å². The molecule has 3 heteroatoms. The fourth-order valence-corrected chi connectivity index (χ4v) is 1.47. The first-order valence-corrected chi connectivity index (χ1v) is 6.32. The van der Waals surface area contributed by atoms with E-state index in [9.17, 15) is 4.79 Å². The van der Waals surface area contributed by atoms with Crippen molar-refractivity contribution in [2.24, 2.45) is 0 Å². The van der Waals surface area contributed by atoms with Crippen molar-refractivity contribution in [1.82, 2.24) is 0 Å². The van der Waals surface area contributed by atoms with Crippen molar-refractivity contribution >= 4 is 6.16 Å². The van der Waals surface area contributed by atoms with Crippen LogP contribution in [0.15, 0.2) is 24.3 Å². The smallest absolute Gasteiger partial charge is 0.428 e. The third kappa shape index (κ3) is 4.78. The highest BCUT2D eigenvalue weighted by molar-refractivity contribution is 5.64. The summed E-state index contributed by atoms with van der Waals surface area (Å²) in [6.45, 7) is 9.74. The molecule has 0 aliphatic rings. The predicted octanol–water partition coefficient (Wildman–Crippen LogP) is 4.51. The van der Waals surface area contributed by atoms with E-state index in [4.69, 9.17) is 9.47 Å². The summed E-state index contributed by atoms with van der Waals surface area (Å²) in [5.41, 5.74) is 0.711. The molecule has 0 bridgehead atoms. The summed E-state index contributed by atoms with van der Waals surface area (Å²) in [6, 6.07) is 7.55. The average molecular weight is 250 g/mol. The molecular formula is C15H22O3. The Balaban J connectivity index is 2.61. The number of hydrogen-bond acceptors (Lipinski definition) is 3. The van der Waals surface area contributed by atoms with E-state index < -0.39 is 11.8 Å². The summed E-state index contributed by atoms with van der Waals surface area (Å²) in [6.07, 6.45) is 0.422. The van der Waals surface area contributed by atoms with E-state index in [0.29, 0.717) is 11.7 Å². The second-order valence-corrected chi connectivity index (χ2v) is 5.44. The molecule has 0 heterocycles. The van der Waals surface area contributed by atoms with E-state index in [1.165, 1.54) is 5.56 Å². The molecule has 0 saturated carbocycles. The lowest BCUT2D eigenvalue weighted by Gasteiger charge is -2.18. The van der Waals surface area contributed by atoms with Gasteiger partial charge in [0.2, 0.25) is 0 Å². The van der Waals surface area contributed by atoms with Crippen molar-refractivity contribution in [2.45, 2.75) is 52.6 Å². The molecule has 1 unspecified atom stereocenters. The van der Waals surface area contributed by atoms with Crippen LogP contribution in [0.2, 0.25) is 0 Å². The van der Waals surface area contributed by atoms with E-state index in [1.54, 1.807) is 32.9 Å². The Hall–Kier alpha value is -1.51. The summed E-state index contributed by atoms with van der Waals surface area (Å²) in [5, 5.41) is 0. The number of ether oxygens (including phenoxy) is 2. The molecule has 0 fully saturated rings. The largest absolute Gasteiger partial charge is 0.514 e. The van der Waals surface area contributed by atoms with E-state index in [1.807, 2.05) is 12.1 Å². The zero-order chi connectivity index (χ0) is 13.8. The predicted molar refractivity (Wildman–Crippen MR) is 72.0 cm³/mol. The SMILES string of the molecule is CCC(C)c1ccc(OC(=O)OC(C)(C)C)cc1. The Morgan fingerprint density at radius 2 is 1.78 bits per heavy atom. The summed E-state index contributed by atoms with van der Waals surface area (Å²) in [4.78, 5) is 11.5. The number of hydrogen-bond donors (Lipinski definition) is 0. The summed E-state index contributed by atoms with van der Waals surface area (Å²) in [5.74, 6) is 1.02. The second-order valence-electron chi connectivity index (χ2n) is 5.44. The fraction of sp³-hybridized carbons (Fsp3) is 0.533. The number of benzene rings is 1. The lowest BCUT2D eigenvalue weighted by Crippen LogP contribution is -2.25. The third-order valence-corrected chi connectivity index (χ3v) is 2.65. The van der Waals surface area contributed by atoms with Gasteiger partial charge in [-0.25, -0.2) is 4.79 Å². The molecule has 0 aliphatic heterocycles. The van der Waals surface area contributed by atoms with Crippen LogP contribution in [-0.4, -0.2) is 11.8 Å². The zero-order valence-electron chi connectivity index (χ0n) is 11.8. The van der Waals surface area contributed by atoms with Crippen molar-refractivity contribution in [3.8, 4) is 5.75 Å². The topological polar surface area (TPSA) is 35.5 Å². The molecule has 0 spiro atoms. The van der Waals surface area contributed by atoms with Crippen molar-refractivity contribution in [2.75, 3.05) is 0 Å². The minimum absolute atomic E-state index is 0.510. The second kappa shape index (κ2) is 5.89. The summed E-state index contributed by atoms with van der Waals surface area (Å²) < 4.78 is 10.2. The van der Waals surface area contributed by atoms with Crippen molar-refractivity contribution in [3.63, 3.8) is 0 Å². The van der Waals surface area contributed by atoms with Gasteiger partial charge in [-0.2, -0.15) is 0 Å². The molecule has 0 amide bonds. The monoisotopic (exact) mass is 250 g/mol. The van der Waals surface area contributed by atoms with Crippen LogP contribution in [0.4, 0.5) is 4.79 Å². The van der Waals surface area contributed by atoms with Crippen LogP contribution in [-0.2, 0) is 4.74 Å². The highest BCUT2D eigenvalue weighted by Crippen LogP contribution is 2.22. The van der Waals surface area contributed by atoms with Gasteiger partial charge in [-0.3, -0.25) is 0 Å². The number of carbonyl (C=O) groups is 1. The van der Waals surface area contributed by atoms with E-state index >= 15 is 0 Å². The fourth-order valence-electron chi connectivity index (χ4n) is 1.47. The molecule has 0 aliphatic carbocycles. The first-order chi connectivity index (χ1) is 8.31. The van der Waals surface area contributed by atoms with Crippen LogP contribution in [0.1, 0.15) is 52.5 Å². The molecular weight excluding hydrogens is 228 g/mol. The standard InChI is InChI=1S/C15H22O3/c1-6-11(2)12-7-9-13(10-8-12)17-14(16)18-15(3,4)5/h7-11H,6H2,1-5H3. The molecule has 0 aromatic heterocycles. The highest BCUT2D eigenvalue weighted by Gasteiger charge is 2.18. The van der Waals surface area contributed by atoms with Gasteiger partial charge >= 0.3 is 6.16 Å². The Morgan fingerprint density at radius 3 is 2.22 bits per heavy atom. The average Bonchev–Trinajstić information content (AvgIpc) is 2.26. The molecule has 18 heavy (non-hydrogen) atoms. The maximum atomic E-state index is 11.5. The minimum Gasteiger partial charge on any atom is -0.428 e. The van der Waals surface area contributed by atoms with Gasteiger partial charge in [0.1, 0.15) is 11.4 Å². The van der Waals surface area contributed by atoms with Gasteiger partial charge in [-0.15, -0.1) is 0 Å². The van der Waals surface area contributed by atoms with E-state index in [0.717, 1.165) is 6.42 Å². The van der Waals surface area contributed by atoms with Gasteiger partial charge in [0.25, 0.3) is 0 Å². The summed E-state index contributed by atoms with van der Waals surface area (Å²) in [7, 11) is 0. The summed E-state index contributed by atoms with van der Waals surface area (Å²) >= 11 is 0. The van der Waals surface area contributed by atoms with Gasteiger partial charge < -0.3 is 9.47 Å². The van der Waals surface area contributed by atoms with Gasteiger partial charge in [-0.05, 0) is 50.8 Å².